The average molecular weight is 317 g/mol. The van der Waals surface area contributed by atoms with Crippen LogP contribution in [0.2, 0.25) is 0 Å². The van der Waals surface area contributed by atoms with E-state index in [4.69, 9.17) is 4.74 Å². The molecule has 1 atom stereocenters. The first-order chi connectivity index (χ1) is 11.1. The molecule has 2 N–H and O–H groups in total. The fourth-order valence-electron chi connectivity index (χ4n) is 2.88. The van der Waals surface area contributed by atoms with E-state index >= 15 is 0 Å². The van der Waals surface area contributed by atoms with Crippen LogP contribution in [0.1, 0.15) is 47.4 Å². The molecule has 23 heavy (non-hydrogen) atoms. The third-order valence-electron chi connectivity index (χ3n) is 4.49. The zero-order valence-electron chi connectivity index (χ0n) is 13.6. The molecule has 7 heteroatoms. The molecule has 0 radical (unpaired) electrons. The van der Waals surface area contributed by atoms with Crippen molar-refractivity contribution in [1.29, 1.82) is 0 Å². The normalized spacial score (nSPS) is 17.1. The molecular formula is C16H23N5O2. The molecule has 1 unspecified atom stereocenters. The second kappa shape index (κ2) is 6.95. The van der Waals surface area contributed by atoms with Crippen molar-refractivity contribution in [1.82, 2.24) is 25.3 Å². The summed E-state index contributed by atoms with van der Waals surface area (Å²) in [5.41, 5.74) is 2.49. The van der Waals surface area contributed by atoms with E-state index in [1.54, 1.807) is 18.6 Å². The van der Waals surface area contributed by atoms with Gasteiger partial charge in [-0.3, -0.25) is 14.6 Å². The lowest BCUT2D eigenvalue weighted by Gasteiger charge is -2.22. The van der Waals surface area contributed by atoms with Gasteiger partial charge in [-0.15, -0.1) is 0 Å². The Kier molecular flexibility index (Phi) is 4.76. The zero-order valence-corrected chi connectivity index (χ0v) is 13.6. The molecule has 1 aliphatic rings. The van der Waals surface area contributed by atoms with E-state index in [9.17, 15) is 4.79 Å². The van der Waals surface area contributed by atoms with Crippen LogP contribution in [0.4, 0.5) is 0 Å². The number of rotatable bonds is 5. The second-order valence-corrected chi connectivity index (χ2v) is 6.11. The predicted molar refractivity (Wildman–Crippen MR) is 85.0 cm³/mol. The zero-order chi connectivity index (χ0) is 16.2. The number of nitrogens with zero attached hydrogens (tertiary/aromatic N) is 3. The Morgan fingerprint density at radius 3 is 2.96 bits per heavy atom. The van der Waals surface area contributed by atoms with E-state index in [1.807, 2.05) is 18.5 Å². The van der Waals surface area contributed by atoms with Crippen LogP contribution in [0, 0.1) is 12.8 Å². The van der Waals surface area contributed by atoms with Crippen molar-refractivity contribution in [3.8, 4) is 0 Å². The number of hydrogen-bond donors (Lipinski definition) is 2. The van der Waals surface area contributed by atoms with Gasteiger partial charge in [0.05, 0.1) is 24.0 Å². The van der Waals surface area contributed by atoms with Crippen LogP contribution in [-0.2, 0) is 11.3 Å². The molecule has 7 nitrogen and oxygen atoms in total. The Hall–Kier alpha value is -2.15. The Bertz CT molecular complexity index is 643. The highest BCUT2D eigenvalue weighted by Gasteiger charge is 2.20. The summed E-state index contributed by atoms with van der Waals surface area (Å²) in [4.78, 5) is 12.5. The molecule has 1 amide bonds. The standard InChI is InChI=1S/C16H23N5O2/c1-11(14-7-17-18-8-14)20-16(22)15-9-19-21(12(15)2)10-13-3-5-23-6-4-13/h7-9,11,13H,3-6,10H2,1-2H3,(H,17,18)(H,20,22). The maximum atomic E-state index is 12.5. The number of amides is 1. The molecule has 0 aliphatic carbocycles. The van der Waals surface area contributed by atoms with Crippen LogP contribution < -0.4 is 5.32 Å². The predicted octanol–water partition coefficient (Wildman–Crippen LogP) is 1.83. The smallest absolute Gasteiger partial charge is 0.255 e. The molecular weight excluding hydrogens is 294 g/mol. The van der Waals surface area contributed by atoms with Gasteiger partial charge in [-0.2, -0.15) is 10.2 Å². The monoisotopic (exact) mass is 317 g/mol. The lowest BCUT2D eigenvalue weighted by atomic mass is 10.0. The van der Waals surface area contributed by atoms with Gasteiger partial charge in [0.1, 0.15) is 0 Å². The molecule has 1 fully saturated rings. The van der Waals surface area contributed by atoms with Gasteiger partial charge in [0.2, 0.25) is 0 Å². The Balaban J connectivity index is 1.64. The van der Waals surface area contributed by atoms with Crippen molar-refractivity contribution in [2.24, 2.45) is 5.92 Å². The summed E-state index contributed by atoms with van der Waals surface area (Å²) in [6, 6.07) is -0.0977. The van der Waals surface area contributed by atoms with Gasteiger partial charge in [0, 0.05) is 37.2 Å². The number of carbonyl (C=O) groups excluding carboxylic acids is 1. The van der Waals surface area contributed by atoms with E-state index in [1.165, 1.54) is 0 Å². The molecule has 2 aromatic rings. The molecule has 0 aromatic carbocycles. The summed E-state index contributed by atoms with van der Waals surface area (Å²) in [6.45, 7) is 6.37. The maximum absolute atomic E-state index is 12.5. The van der Waals surface area contributed by atoms with E-state index in [0.29, 0.717) is 11.5 Å². The highest BCUT2D eigenvalue weighted by atomic mass is 16.5. The SMILES string of the molecule is Cc1c(C(=O)NC(C)c2cn[nH]c2)cnn1CC1CCOCC1. The highest BCUT2D eigenvalue weighted by molar-refractivity contribution is 5.95. The van der Waals surface area contributed by atoms with Crippen molar-refractivity contribution in [3.05, 3.63) is 35.4 Å². The van der Waals surface area contributed by atoms with Gasteiger partial charge >= 0.3 is 0 Å². The molecule has 2 aromatic heterocycles. The summed E-state index contributed by atoms with van der Waals surface area (Å²) in [5.74, 6) is 0.470. The minimum Gasteiger partial charge on any atom is -0.381 e. The minimum atomic E-state index is -0.102. The Labute approximate surface area is 135 Å². The Morgan fingerprint density at radius 2 is 2.26 bits per heavy atom. The van der Waals surface area contributed by atoms with Crippen LogP contribution >= 0.6 is 0 Å². The van der Waals surface area contributed by atoms with Crippen LogP contribution in [0.25, 0.3) is 0 Å². The number of H-pyrrole nitrogens is 1. The molecule has 124 valence electrons. The summed E-state index contributed by atoms with van der Waals surface area (Å²) in [5, 5.41) is 14.0. The number of aromatic nitrogens is 4. The summed E-state index contributed by atoms with van der Waals surface area (Å²) in [7, 11) is 0. The first-order valence-corrected chi connectivity index (χ1v) is 8.05. The molecule has 0 bridgehead atoms. The summed E-state index contributed by atoms with van der Waals surface area (Å²) >= 11 is 0. The molecule has 3 heterocycles. The largest absolute Gasteiger partial charge is 0.381 e. The van der Waals surface area contributed by atoms with Crippen LogP contribution in [0.5, 0.6) is 0 Å². The number of hydrogen-bond acceptors (Lipinski definition) is 4. The minimum absolute atomic E-state index is 0.0977. The highest BCUT2D eigenvalue weighted by Crippen LogP contribution is 2.19. The maximum Gasteiger partial charge on any atom is 0.255 e. The average Bonchev–Trinajstić information content (AvgIpc) is 3.19. The number of nitrogens with one attached hydrogen (secondary N) is 2. The lowest BCUT2D eigenvalue weighted by Crippen LogP contribution is -2.27. The second-order valence-electron chi connectivity index (χ2n) is 6.11. The van der Waals surface area contributed by atoms with E-state index in [-0.39, 0.29) is 11.9 Å². The topological polar surface area (TPSA) is 84.8 Å². The van der Waals surface area contributed by atoms with Crippen molar-refractivity contribution in [3.63, 3.8) is 0 Å². The van der Waals surface area contributed by atoms with E-state index in [2.05, 4.69) is 20.6 Å². The number of ether oxygens (including phenoxy) is 1. The van der Waals surface area contributed by atoms with Crippen molar-refractivity contribution in [2.75, 3.05) is 13.2 Å². The van der Waals surface area contributed by atoms with E-state index in [0.717, 1.165) is 43.9 Å². The summed E-state index contributed by atoms with van der Waals surface area (Å²) < 4.78 is 7.33. The third-order valence-corrected chi connectivity index (χ3v) is 4.49. The molecule has 0 saturated carbocycles. The van der Waals surface area contributed by atoms with Gasteiger partial charge in [0.15, 0.2) is 0 Å². The first kappa shape index (κ1) is 15.7. The van der Waals surface area contributed by atoms with Gasteiger partial charge < -0.3 is 10.1 Å². The molecule has 1 aliphatic heterocycles. The lowest BCUT2D eigenvalue weighted by molar-refractivity contribution is 0.0599. The first-order valence-electron chi connectivity index (χ1n) is 8.05. The van der Waals surface area contributed by atoms with Crippen LogP contribution in [-0.4, -0.2) is 39.1 Å². The third kappa shape index (κ3) is 3.61. The van der Waals surface area contributed by atoms with Gasteiger partial charge in [-0.05, 0) is 32.6 Å². The van der Waals surface area contributed by atoms with Crippen LogP contribution in [0.15, 0.2) is 18.6 Å². The fraction of sp³-hybridized carbons (Fsp3) is 0.562. The number of carbonyl (C=O) groups is 1. The van der Waals surface area contributed by atoms with Crippen LogP contribution in [0.3, 0.4) is 0 Å². The number of aromatic amines is 1. The molecule has 1 saturated heterocycles. The quantitative estimate of drug-likeness (QED) is 0.881. The van der Waals surface area contributed by atoms with Crippen molar-refractivity contribution >= 4 is 5.91 Å². The van der Waals surface area contributed by atoms with Gasteiger partial charge in [-0.25, -0.2) is 0 Å². The fourth-order valence-corrected chi connectivity index (χ4v) is 2.88. The van der Waals surface area contributed by atoms with Gasteiger partial charge in [0.25, 0.3) is 5.91 Å². The summed E-state index contributed by atoms with van der Waals surface area (Å²) in [6.07, 6.45) is 7.27. The molecule has 0 spiro atoms. The van der Waals surface area contributed by atoms with E-state index < -0.39 is 0 Å². The van der Waals surface area contributed by atoms with Crippen molar-refractivity contribution < 1.29 is 9.53 Å². The Morgan fingerprint density at radius 1 is 1.48 bits per heavy atom. The van der Waals surface area contributed by atoms with Gasteiger partial charge in [-0.1, -0.05) is 0 Å². The van der Waals surface area contributed by atoms with Crippen molar-refractivity contribution in [2.45, 2.75) is 39.3 Å². The molecule has 3 rings (SSSR count).